The predicted molar refractivity (Wildman–Crippen MR) is 55.8 cm³/mol. The van der Waals surface area contributed by atoms with Crippen molar-refractivity contribution in [2.75, 3.05) is 6.54 Å². The van der Waals surface area contributed by atoms with E-state index >= 15 is 0 Å². The van der Waals surface area contributed by atoms with Gasteiger partial charge in [-0.3, -0.25) is 0 Å². The first-order chi connectivity index (χ1) is 7.83. The predicted octanol–water partition coefficient (Wildman–Crippen LogP) is 2.10. The lowest BCUT2D eigenvalue weighted by Crippen LogP contribution is -2.14. The van der Waals surface area contributed by atoms with E-state index in [9.17, 15) is 4.39 Å². The van der Waals surface area contributed by atoms with Crippen LogP contribution in [0.1, 0.15) is 55.8 Å². The van der Waals surface area contributed by atoms with E-state index in [2.05, 4.69) is 15.5 Å². The zero-order valence-corrected chi connectivity index (χ0v) is 9.16. The number of aromatic nitrogens is 2. The Hall–Kier alpha value is -0.970. The normalized spacial score (nSPS) is 31.3. The molecule has 1 aromatic rings. The second kappa shape index (κ2) is 4.13. The Kier molecular flexibility index (Phi) is 2.63. The van der Waals surface area contributed by atoms with Gasteiger partial charge in [0.15, 0.2) is 5.82 Å². The summed E-state index contributed by atoms with van der Waals surface area (Å²) in [7, 11) is 0. The number of nitrogens with one attached hydrogen (secondary N) is 1. The van der Waals surface area contributed by atoms with Crippen LogP contribution in [-0.2, 0) is 0 Å². The van der Waals surface area contributed by atoms with E-state index in [0.717, 1.165) is 18.7 Å². The van der Waals surface area contributed by atoms with Crippen molar-refractivity contribution in [3.63, 3.8) is 0 Å². The molecule has 0 bridgehead atoms. The molecule has 1 aromatic heterocycles. The van der Waals surface area contributed by atoms with Gasteiger partial charge in [0.25, 0.3) is 0 Å². The summed E-state index contributed by atoms with van der Waals surface area (Å²) in [4.78, 5) is 4.40. The van der Waals surface area contributed by atoms with Gasteiger partial charge in [-0.05, 0) is 12.8 Å². The van der Waals surface area contributed by atoms with Crippen LogP contribution in [-0.4, -0.2) is 22.9 Å². The van der Waals surface area contributed by atoms with E-state index in [4.69, 9.17) is 4.52 Å². The molecule has 88 valence electrons. The molecular formula is C11H16FN3O. The number of alkyl halides is 1. The minimum absolute atomic E-state index is 0.0855. The number of nitrogens with zero attached hydrogens (tertiary/aromatic N) is 2. The molecule has 0 unspecified atom stereocenters. The molecule has 2 atom stereocenters. The van der Waals surface area contributed by atoms with Crippen LogP contribution in [0.15, 0.2) is 4.52 Å². The molecule has 0 aromatic carbocycles. The first-order valence-corrected chi connectivity index (χ1v) is 6.04. The Bertz CT molecular complexity index is 362. The van der Waals surface area contributed by atoms with Crippen LogP contribution < -0.4 is 5.32 Å². The molecule has 2 fully saturated rings. The zero-order valence-electron chi connectivity index (χ0n) is 9.16. The van der Waals surface area contributed by atoms with Gasteiger partial charge in [0, 0.05) is 18.9 Å². The summed E-state index contributed by atoms with van der Waals surface area (Å²) in [6.45, 7) is 0.395. The molecule has 1 N–H and O–H groups in total. The van der Waals surface area contributed by atoms with Crippen molar-refractivity contribution in [2.24, 2.45) is 0 Å². The second-order valence-electron chi connectivity index (χ2n) is 4.77. The summed E-state index contributed by atoms with van der Waals surface area (Å²) in [5.41, 5.74) is 0. The van der Waals surface area contributed by atoms with Gasteiger partial charge in [-0.15, -0.1) is 0 Å². The molecular weight excluding hydrogens is 209 g/mol. The molecule has 5 heteroatoms. The Balaban J connectivity index is 1.72. The molecule has 0 spiro atoms. The summed E-state index contributed by atoms with van der Waals surface area (Å²) < 4.78 is 18.2. The van der Waals surface area contributed by atoms with Crippen LogP contribution in [0.4, 0.5) is 4.39 Å². The van der Waals surface area contributed by atoms with Crippen molar-refractivity contribution < 1.29 is 8.91 Å². The van der Waals surface area contributed by atoms with Gasteiger partial charge < -0.3 is 9.84 Å². The fourth-order valence-corrected chi connectivity index (χ4v) is 2.62. The summed E-state index contributed by atoms with van der Waals surface area (Å²) in [5.74, 6) is 1.83. The lowest BCUT2D eigenvalue weighted by Gasteiger charge is -2.02. The van der Waals surface area contributed by atoms with Gasteiger partial charge in [0.1, 0.15) is 6.17 Å². The lowest BCUT2D eigenvalue weighted by atomic mass is 10.1. The van der Waals surface area contributed by atoms with Crippen LogP contribution >= 0.6 is 0 Å². The highest BCUT2D eigenvalue weighted by Gasteiger charge is 2.30. The van der Waals surface area contributed by atoms with Crippen LogP contribution in [0, 0.1) is 0 Å². The Morgan fingerprint density at radius 2 is 2.12 bits per heavy atom. The molecule has 1 saturated carbocycles. The van der Waals surface area contributed by atoms with Gasteiger partial charge in [-0.1, -0.05) is 18.0 Å². The highest BCUT2D eigenvalue weighted by Crippen LogP contribution is 2.33. The van der Waals surface area contributed by atoms with Crippen molar-refractivity contribution >= 4 is 0 Å². The highest BCUT2D eigenvalue weighted by atomic mass is 19.1. The summed E-state index contributed by atoms with van der Waals surface area (Å²) >= 11 is 0. The minimum Gasteiger partial charge on any atom is -0.338 e. The van der Waals surface area contributed by atoms with E-state index < -0.39 is 6.17 Å². The quantitative estimate of drug-likeness (QED) is 0.837. The Morgan fingerprint density at radius 1 is 1.31 bits per heavy atom. The number of halogens is 1. The summed E-state index contributed by atoms with van der Waals surface area (Å²) in [6, 6.07) is -0.0855. The van der Waals surface area contributed by atoms with E-state index in [0.29, 0.717) is 24.8 Å². The highest BCUT2D eigenvalue weighted by molar-refractivity contribution is 5.02. The van der Waals surface area contributed by atoms with E-state index in [1.807, 2.05) is 0 Å². The van der Waals surface area contributed by atoms with Crippen molar-refractivity contribution in [3.05, 3.63) is 11.7 Å². The molecule has 2 heterocycles. The number of hydrogen-bond acceptors (Lipinski definition) is 4. The third-order valence-corrected chi connectivity index (χ3v) is 3.55. The van der Waals surface area contributed by atoms with Crippen LogP contribution in [0.5, 0.6) is 0 Å². The largest absolute Gasteiger partial charge is 0.338 e. The number of rotatable bonds is 2. The van der Waals surface area contributed by atoms with Crippen LogP contribution in [0.25, 0.3) is 0 Å². The Morgan fingerprint density at radius 3 is 2.81 bits per heavy atom. The molecule has 1 aliphatic carbocycles. The maximum absolute atomic E-state index is 13.0. The van der Waals surface area contributed by atoms with E-state index in [-0.39, 0.29) is 6.04 Å². The van der Waals surface area contributed by atoms with E-state index in [1.54, 1.807) is 0 Å². The molecule has 3 rings (SSSR count). The minimum atomic E-state index is -0.785. The molecule has 16 heavy (non-hydrogen) atoms. The van der Waals surface area contributed by atoms with Crippen molar-refractivity contribution in [2.45, 2.75) is 50.2 Å². The molecule has 4 nitrogen and oxygen atoms in total. The fourth-order valence-electron chi connectivity index (χ4n) is 2.62. The average molecular weight is 225 g/mol. The smallest absolute Gasteiger partial charge is 0.243 e. The second-order valence-corrected chi connectivity index (χ2v) is 4.77. The van der Waals surface area contributed by atoms with E-state index in [1.165, 1.54) is 12.8 Å². The molecule has 0 amide bonds. The SMILES string of the molecule is F[C@H]1CN[C@H](c2nc(C3CCCC3)no2)C1. The molecule has 2 aliphatic rings. The Labute approximate surface area is 93.6 Å². The standard InChI is InChI=1S/C11H16FN3O/c12-8-5-9(13-6-8)11-14-10(15-16-11)7-3-1-2-4-7/h7-9,13H,1-6H2/t8-,9+/m1/s1. The molecule has 0 radical (unpaired) electrons. The lowest BCUT2D eigenvalue weighted by molar-refractivity contribution is 0.321. The third-order valence-electron chi connectivity index (χ3n) is 3.55. The fraction of sp³-hybridized carbons (Fsp3) is 0.818. The average Bonchev–Trinajstić information content (AvgIpc) is 2.97. The zero-order chi connectivity index (χ0) is 11.0. The van der Waals surface area contributed by atoms with Crippen LogP contribution in [0.2, 0.25) is 0 Å². The summed E-state index contributed by atoms with van der Waals surface area (Å²) in [6.07, 6.45) is 4.48. The molecule has 1 saturated heterocycles. The third kappa shape index (κ3) is 1.84. The molecule has 1 aliphatic heterocycles. The maximum Gasteiger partial charge on any atom is 0.243 e. The first-order valence-electron chi connectivity index (χ1n) is 6.04. The van der Waals surface area contributed by atoms with Crippen molar-refractivity contribution in [3.8, 4) is 0 Å². The van der Waals surface area contributed by atoms with Gasteiger partial charge in [-0.25, -0.2) is 4.39 Å². The maximum atomic E-state index is 13.0. The van der Waals surface area contributed by atoms with Gasteiger partial charge in [0.05, 0.1) is 6.04 Å². The van der Waals surface area contributed by atoms with Gasteiger partial charge in [0.2, 0.25) is 5.89 Å². The van der Waals surface area contributed by atoms with Crippen molar-refractivity contribution in [1.82, 2.24) is 15.5 Å². The van der Waals surface area contributed by atoms with Gasteiger partial charge in [-0.2, -0.15) is 4.98 Å². The number of hydrogen-bond donors (Lipinski definition) is 1. The first kappa shape index (κ1) is 10.2. The van der Waals surface area contributed by atoms with Crippen LogP contribution in [0.3, 0.4) is 0 Å². The van der Waals surface area contributed by atoms with Gasteiger partial charge >= 0.3 is 0 Å². The van der Waals surface area contributed by atoms with Crippen molar-refractivity contribution in [1.29, 1.82) is 0 Å². The summed E-state index contributed by atoms with van der Waals surface area (Å²) in [5, 5.41) is 7.07. The monoisotopic (exact) mass is 225 g/mol. The topological polar surface area (TPSA) is 51.0 Å².